The Bertz CT molecular complexity index is 857. The van der Waals surface area contributed by atoms with E-state index in [9.17, 15) is 0 Å². The standard InChI is InChI=1S/C18H21N5O2/c1-13-4-3-5-14(8-13)10-23-6-7-24-12-16(23)17-20-18(25-21-17)15-9-19-22(2)11-15/h3-5,8-9,11,16H,6-7,10,12H2,1-2H3/t16-/m1/s1. The van der Waals surface area contributed by atoms with Gasteiger partial charge in [0.1, 0.15) is 0 Å². The van der Waals surface area contributed by atoms with E-state index in [0.717, 1.165) is 25.3 Å². The first-order valence-corrected chi connectivity index (χ1v) is 8.39. The monoisotopic (exact) mass is 339 g/mol. The summed E-state index contributed by atoms with van der Waals surface area (Å²) in [5, 5.41) is 8.34. The molecule has 3 heterocycles. The highest BCUT2D eigenvalue weighted by Gasteiger charge is 2.29. The first kappa shape index (κ1) is 16.0. The van der Waals surface area contributed by atoms with Crippen molar-refractivity contribution in [2.45, 2.75) is 19.5 Å². The minimum Gasteiger partial charge on any atom is -0.378 e. The summed E-state index contributed by atoms with van der Waals surface area (Å²) in [6.07, 6.45) is 3.58. The maximum absolute atomic E-state index is 5.67. The fourth-order valence-electron chi connectivity index (χ4n) is 3.13. The summed E-state index contributed by atoms with van der Waals surface area (Å²) in [4.78, 5) is 6.92. The van der Waals surface area contributed by atoms with Gasteiger partial charge in [-0.3, -0.25) is 9.58 Å². The van der Waals surface area contributed by atoms with Gasteiger partial charge in [0.2, 0.25) is 0 Å². The van der Waals surface area contributed by atoms with E-state index < -0.39 is 0 Å². The normalized spacial score (nSPS) is 18.6. The van der Waals surface area contributed by atoms with Gasteiger partial charge < -0.3 is 9.26 Å². The van der Waals surface area contributed by atoms with Gasteiger partial charge in [-0.25, -0.2) is 0 Å². The van der Waals surface area contributed by atoms with Crippen molar-refractivity contribution in [3.8, 4) is 11.5 Å². The van der Waals surface area contributed by atoms with E-state index in [0.29, 0.717) is 18.3 Å². The summed E-state index contributed by atoms with van der Waals surface area (Å²) in [6.45, 7) is 5.08. The van der Waals surface area contributed by atoms with Crippen molar-refractivity contribution in [2.75, 3.05) is 19.8 Å². The number of aryl methyl sites for hydroxylation is 2. The zero-order valence-corrected chi connectivity index (χ0v) is 14.4. The maximum Gasteiger partial charge on any atom is 0.261 e. The molecule has 25 heavy (non-hydrogen) atoms. The summed E-state index contributed by atoms with van der Waals surface area (Å²) in [5.41, 5.74) is 3.37. The Kier molecular flexibility index (Phi) is 4.33. The molecule has 1 saturated heterocycles. The SMILES string of the molecule is Cc1cccc(CN2CCOC[C@@H]2c2noc(-c3cnn(C)c3)n2)c1. The van der Waals surface area contributed by atoms with Crippen molar-refractivity contribution in [3.05, 3.63) is 53.6 Å². The molecule has 1 aliphatic heterocycles. The molecule has 1 fully saturated rings. The zero-order chi connectivity index (χ0) is 17.2. The van der Waals surface area contributed by atoms with Crippen LogP contribution in [0, 0.1) is 6.92 Å². The Morgan fingerprint density at radius 1 is 1.32 bits per heavy atom. The first-order valence-electron chi connectivity index (χ1n) is 8.39. The molecule has 0 N–H and O–H groups in total. The van der Waals surface area contributed by atoms with Crippen LogP contribution < -0.4 is 0 Å². The number of benzene rings is 1. The van der Waals surface area contributed by atoms with Crippen molar-refractivity contribution >= 4 is 0 Å². The van der Waals surface area contributed by atoms with Crippen molar-refractivity contribution in [3.63, 3.8) is 0 Å². The molecule has 3 aromatic rings. The second-order valence-electron chi connectivity index (χ2n) is 6.41. The fraction of sp³-hybridized carbons (Fsp3) is 0.389. The Morgan fingerprint density at radius 3 is 3.04 bits per heavy atom. The van der Waals surface area contributed by atoms with Crippen LogP contribution in [-0.2, 0) is 18.3 Å². The van der Waals surface area contributed by atoms with Crippen molar-refractivity contribution in [2.24, 2.45) is 7.05 Å². The van der Waals surface area contributed by atoms with Gasteiger partial charge in [0.05, 0.1) is 31.0 Å². The number of hydrogen-bond acceptors (Lipinski definition) is 6. The Hall–Kier alpha value is -2.51. The highest BCUT2D eigenvalue weighted by molar-refractivity contribution is 5.49. The minimum atomic E-state index is -0.0107. The van der Waals surface area contributed by atoms with E-state index in [1.165, 1.54) is 11.1 Å². The molecule has 0 aliphatic carbocycles. The molecule has 0 amide bonds. The van der Waals surface area contributed by atoms with Crippen molar-refractivity contribution < 1.29 is 9.26 Å². The molecule has 0 saturated carbocycles. The lowest BCUT2D eigenvalue weighted by Crippen LogP contribution is -2.39. The average Bonchev–Trinajstić information content (AvgIpc) is 3.24. The van der Waals surface area contributed by atoms with Crippen LogP contribution in [0.4, 0.5) is 0 Å². The minimum absolute atomic E-state index is 0.0107. The number of morpholine rings is 1. The van der Waals surface area contributed by atoms with Gasteiger partial charge >= 0.3 is 0 Å². The summed E-state index contributed by atoms with van der Waals surface area (Å²) in [6, 6.07) is 8.55. The van der Waals surface area contributed by atoms with Crippen LogP contribution in [0.3, 0.4) is 0 Å². The van der Waals surface area contributed by atoms with Crippen LogP contribution in [0.25, 0.3) is 11.5 Å². The highest BCUT2D eigenvalue weighted by atomic mass is 16.5. The van der Waals surface area contributed by atoms with Crippen LogP contribution in [0.2, 0.25) is 0 Å². The van der Waals surface area contributed by atoms with Gasteiger partial charge in [0, 0.05) is 26.3 Å². The predicted molar refractivity (Wildman–Crippen MR) is 91.6 cm³/mol. The molecule has 1 atom stereocenters. The number of hydrogen-bond donors (Lipinski definition) is 0. The number of nitrogens with zero attached hydrogens (tertiary/aromatic N) is 5. The predicted octanol–water partition coefficient (Wildman–Crippen LogP) is 2.35. The quantitative estimate of drug-likeness (QED) is 0.727. The Labute approximate surface area is 146 Å². The summed E-state index contributed by atoms with van der Waals surface area (Å²) >= 11 is 0. The lowest BCUT2D eigenvalue weighted by atomic mass is 10.1. The maximum atomic E-state index is 5.67. The van der Waals surface area contributed by atoms with Crippen molar-refractivity contribution in [1.82, 2.24) is 24.8 Å². The van der Waals surface area contributed by atoms with E-state index in [4.69, 9.17) is 9.26 Å². The third-order valence-corrected chi connectivity index (χ3v) is 4.40. The van der Waals surface area contributed by atoms with Crippen LogP contribution >= 0.6 is 0 Å². The number of ether oxygens (including phenoxy) is 1. The van der Waals surface area contributed by atoms with E-state index in [1.807, 2.05) is 13.2 Å². The third kappa shape index (κ3) is 3.47. The zero-order valence-electron chi connectivity index (χ0n) is 14.4. The largest absolute Gasteiger partial charge is 0.378 e. The first-order chi connectivity index (χ1) is 12.2. The van der Waals surface area contributed by atoms with Gasteiger partial charge in [0.15, 0.2) is 5.82 Å². The van der Waals surface area contributed by atoms with Crippen LogP contribution in [0.15, 0.2) is 41.2 Å². The van der Waals surface area contributed by atoms with Gasteiger partial charge in [-0.1, -0.05) is 35.0 Å². The molecule has 7 heteroatoms. The van der Waals surface area contributed by atoms with E-state index in [2.05, 4.69) is 51.3 Å². The van der Waals surface area contributed by atoms with Gasteiger partial charge in [0.25, 0.3) is 5.89 Å². The number of rotatable bonds is 4. The lowest BCUT2D eigenvalue weighted by molar-refractivity contribution is -0.0166. The van der Waals surface area contributed by atoms with E-state index in [-0.39, 0.29) is 6.04 Å². The molecule has 7 nitrogen and oxygen atoms in total. The van der Waals surface area contributed by atoms with Gasteiger partial charge in [-0.05, 0) is 12.5 Å². The topological polar surface area (TPSA) is 69.2 Å². The summed E-state index contributed by atoms with van der Waals surface area (Å²) < 4.78 is 12.8. The molecule has 2 aromatic heterocycles. The molecule has 130 valence electrons. The molecular formula is C18H21N5O2. The second kappa shape index (κ2) is 6.78. The smallest absolute Gasteiger partial charge is 0.261 e. The third-order valence-electron chi connectivity index (χ3n) is 4.40. The molecule has 1 aliphatic rings. The average molecular weight is 339 g/mol. The Balaban J connectivity index is 1.56. The fourth-order valence-corrected chi connectivity index (χ4v) is 3.13. The number of aromatic nitrogens is 4. The van der Waals surface area contributed by atoms with Crippen LogP contribution in [0.5, 0.6) is 0 Å². The molecule has 0 unspecified atom stereocenters. The Morgan fingerprint density at radius 2 is 2.24 bits per heavy atom. The van der Waals surface area contributed by atoms with Gasteiger partial charge in [-0.2, -0.15) is 10.1 Å². The van der Waals surface area contributed by atoms with Gasteiger partial charge in [-0.15, -0.1) is 0 Å². The van der Waals surface area contributed by atoms with Crippen LogP contribution in [0.1, 0.15) is 23.0 Å². The van der Waals surface area contributed by atoms with E-state index in [1.54, 1.807) is 10.9 Å². The molecule has 0 bridgehead atoms. The van der Waals surface area contributed by atoms with E-state index >= 15 is 0 Å². The lowest BCUT2D eigenvalue weighted by Gasteiger charge is -2.33. The molecular weight excluding hydrogens is 318 g/mol. The molecule has 4 rings (SSSR count). The summed E-state index contributed by atoms with van der Waals surface area (Å²) in [5.74, 6) is 1.15. The van der Waals surface area contributed by atoms with Crippen molar-refractivity contribution in [1.29, 1.82) is 0 Å². The second-order valence-corrected chi connectivity index (χ2v) is 6.41. The summed E-state index contributed by atoms with van der Waals surface area (Å²) in [7, 11) is 1.86. The van der Waals surface area contributed by atoms with Crippen LogP contribution in [-0.4, -0.2) is 44.6 Å². The molecule has 1 aromatic carbocycles. The molecule has 0 radical (unpaired) electrons. The molecule has 0 spiro atoms. The highest BCUT2D eigenvalue weighted by Crippen LogP contribution is 2.26.